The predicted octanol–water partition coefficient (Wildman–Crippen LogP) is 4.83. The van der Waals surface area contributed by atoms with Gasteiger partial charge in [0, 0.05) is 18.5 Å². The average Bonchev–Trinajstić information content (AvgIpc) is 3.37. The zero-order chi connectivity index (χ0) is 24.1. The monoisotopic (exact) mass is 478 g/mol. The average molecular weight is 479 g/mol. The van der Waals surface area contributed by atoms with E-state index in [1.54, 1.807) is 37.6 Å². The van der Waals surface area contributed by atoms with Crippen molar-refractivity contribution in [3.63, 3.8) is 0 Å². The summed E-state index contributed by atoms with van der Waals surface area (Å²) in [6.07, 6.45) is 2.82. The van der Waals surface area contributed by atoms with Crippen LogP contribution in [0.5, 0.6) is 5.75 Å². The van der Waals surface area contributed by atoms with Gasteiger partial charge in [0.1, 0.15) is 17.3 Å². The number of carbonyl (C=O) groups excluding carboxylic acids is 1. The third-order valence-corrected chi connectivity index (χ3v) is 6.58. The number of methoxy groups -OCH3 is 1. The maximum Gasteiger partial charge on any atom is 0.238 e. The van der Waals surface area contributed by atoms with Gasteiger partial charge in [-0.2, -0.15) is 0 Å². The molecule has 0 aliphatic carbocycles. The first-order chi connectivity index (χ1) is 16.3. The number of Topliss-reactive ketones (excluding diaryl/α,β-unsaturated/α-hetero) is 1. The summed E-state index contributed by atoms with van der Waals surface area (Å²) in [5, 5.41) is 10.6. The molecule has 176 valence electrons. The first-order valence-corrected chi connectivity index (χ1v) is 12.4. The highest BCUT2D eigenvalue weighted by Crippen LogP contribution is 2.26. The Morgan fingerprint density at radius 3 is 2.44 bits per heavy atom. The van der Waals surface area contributed by atoms with E-state index < -0.39 is 10.0 Å². The molecular formula is C26H26N2O5S. The fraction of sp³-hybridized carbons (Fsp3) is 0.192. The van der Waals surface area contributed by atoms with Crippen LogP contribution >= 0.6 is 0 Å². The summed E-state index contributed by atoms with van der Waals surface area (Å²) in [6, 6.07) is 21.4. The van der Waals surface area contributed by atoms with Crippen molar-refractivity contribution in [2.75, 3.05) is 12.4 Å². The molecule has 0 fully saturated rings. The van der Waals surface area contributed by atoms with E-state index in [4.69, 9.17) is 14.3 Å². The van der Waals surface area contributed by atoms with Crippen LogP contribution in [0, 0.1) is 0 Å². The number of nitrogens with one attached hydrogen (secondary N) is 1. The molecule has 4 rings (SSSR count). The topological polar surface area (TPSA) is 112 Å². The molecule has 1 aromatic heterocycles. The maximum atomic E-state index is 12.9. The molecular weight excluding hydrogens is 452 g/mol. The maximum absolute atomic E-state index is 12.9. The number of benzene rings is 3. The largest absolute Gasteiger partial charge is 0.497 e. The fourth-order valence-electron chi connectivity index (χ4n) is 3.82. The highest BCUT2D eigenvalue weighted by atomic mass is 32.2. The van der Waals surface area contributed by atoms with Crippen LogP contribution in [0.25, 0.3) is 10.8 Å². The molecule has 0 aliphatic rings. The van der Waals surface area contributed by atoms with Crippen molar-refractivity contribution in [1.29, 1.82) is 0 Å². The van der Waals surface area contributed by atoms with Gasteiger partial charge in [-0.05, 0) is 71.3 Å². The Balaban J connectivity index is 1.41. The van der Waals surface area contributed by atoms with Crippen LogP contribution in [0.2, 0.25) is 0 Å². The smallest absolute Gasteiger partial charge is 0.238 e. The number of hydrogen-bond acceptors (Lipinski definition) is 6. The minimum atomic E-state index is -3.77. The molecule has 1 heterocycles. The second kappa shape index (κ2) is 10.1. The number of nitrogens with two attached hydrogens (primary N) is 1. The molecule has 1 unspecified atom stereocenters. The van der Waals surface area contributed by atoms with Gasteiger partial charge < -0.3 is 14.5 Å². The zero-order valence-electron chi connectivity index (χ0n) is 18.7. The normalized spacial score (nSPS) is 12.4. The quantitative estimate of drug-likeness (QED) is 0.338. The predicted molar refractivity (Wildman–Crippen MR) is 131 cm³/mol. The lowest BCUT2D eigenvalue weighted by Crippen LogP contribution is -2.16. The summed E-state index contributed by atoms with van der Waals surface area (Å²) < 4.78 is 33.8. The van der Waals surface area contributed by atoms with Crippen LogP contribution in [0.4, 0.5) is 5.69 Å². The van der Waals surface area contributed by atoms with Gasteiger partial charge in [0.2, 0.25) is 10.0 Å². The minimum Gasteiger partial charge on any atom is -0.497 e. The van der Waals surface area contributed by atoms with E-state index >= 15 is 0 Å². The fourth-order valence-corrected chi connectivity index (χ4v) is 4.34. The van der Waals surface area contributed by atoms with E-state index in [0.29, 0.717) is 24.3 Å². The van der Waals surface area contributed by atoms with Crippen LogP contribution < -0.4 is 15.2 Å². The second-order valence-electron chi connectivity index (χ2n) is 8.07. The van der Waals surface area contributed by atoms with Crippen molar-refractivity contribution in [2.45, 2.75) is 30.2 Å². The lowest BCUT2D eigenvalue weighted by atomic mass is 9.99. The van der Waals surface area contributed by atoms with Gasteiger partial charge in [-0.3, -0.25) is 4.79 Å². The molecule has 0 spiro atoms. The molecule has 0 radical (unpaired) electrons. The van der Waals surface area contributed by atoms with Crippen molar-refractivity contribution in [1.82, 2.24) is 0 Å². The van der Waals surface area contributed by atoms with Crippen molar-refractivity contribution in [2.24, 2.45) is 5.14 Å². The Hall–Kier alpha value is -3.62. The Bertz CT molecular complexity index is 1380. The molecule has 34 heavy (non-hydrogen) atoms. The first-order valence-electron chi connectivity index (χ1n) is 10.8. The summed E-state index contributed by atoms with van der Waals surface area (Å²) in [6.45, 7) is 0. The van der Waals surface area contributed by atoms with Crippen molar-refractivity contribution < 1.29 is 22.4 Å². The van der Waals surface area contributed by atoms with E-state index in [0.717, 1.165) is 22.1 Å². The summed E-state index contributed by atoms with van der Waals surface area (Å²) in [7, 11) is -2.12. The molecule has 0 aliphatic heterocycles. The number of fused-ring (bicyclic) bond motifs is 1. The van der Waals surface area contributed by atoms with Gasteiger partial charge in [0.15, 0.2) is 0 Å². The standard InChI is InChI=1S/C26H26N2O5S/c1-32-23-11-7-19-15-18(4-6-20(19)16-23)5-10-22(29)17-25(26-3-2-14-33-26)28-21-8-12-24(13-9-21)34(27,30)31/h2-4,6-9,11-16,25,28H,5,10,17H2,1H3,(H2,27,30,31). The van der Waals surface area contributed by atoms with Crippen molar-refractivity contribution in [3.8, 4) is 5.75 Å². The van der Waals surface area contributed by atoms with E-state index in [1.165, 1.54) is 12.1 Å². The molecule has 4 aromatic rings. The number of anilines is 1. The number of sulfonamides is 1. The second-order valence-corrected chi connectivity index (χ2v) is 9.63. The summed E-state index contributed by atoms with van der Waals surface area (Å²) in [5.74, 6) is 1.53. The van der Waals surface area contributed by atoms with Crippen LogP contribution in [-0.4, -0.2) is 21.3 Å². The molecule has 0 bridgehead atoms. The Labute approximate surface area is 198 Å². The van der Waals surface area contributed by atoms with E-state index in [9.17, 15) is 13.2 Å². The summed E-state index contributed by atoms with van der Waals surface area (Å²) >= 11 is 0. The number of ketones is 1. The number of aryl methyl sites for hydroxylation is 1. The molecule has 3 aromatic carbocycles. The van der Waals surface area contributed by atoms with Gasteiger partial charge in [-0.1, -0.05) is 24.3 Å². The lowest BCUT2D eigenvalue weighted by molar-refractivity contribution is -0.119. The molecule has 0 amide bonds. The number of rotatable bonds is 10. The summed E-state index contributed by atoms with van der Waals surface area (Å²) in [5.41, 5.74) is 1.75. The van der Waals surface area contributed by atoms with Crippen LogP contribution in [0.1, 0.15) is 30.2 Å². The van der Waals surface area contributed by atoms with Gasteiger partial charge in [0.25, 0.3) is 0 Å². The van der Waals surface area contributed by atoms with Gasteiger partial charge in [0.05, 0.1) is 24.3 Å². The van der Waals surface area contributed by atoms with E-state index in [2.05, 4.69) is 11.4 Å². The first kappa shape index (κ1) is 23.5. The van der Waals surface area contributed by atoms with Crippen molar-refractivity contribution >= 4 is 32.3 Å². The van der Waals surface area contributed by atoms with Gasteiger partial charge in [-0.15, -0.1) is 0 Å². The van der Waals surface area contributed by atoms with Gasteiger partial charge >= 0.3 is 0 Å². The van der Waals surface area contributed by atoms with Crippen LogP contribution in [0.15, 0.2) is 88.4 Å². The number of ether oxygens (including phenoxy) is 1. The third-order valence-electron chi connectivity index (χ3n) is 5.65. The number of furan rings is 1. The SMILES string of the molecule is COc1ccc2cc(CCC(=O)CC(Nc3ccc(S(N)(=O)=O)cc3)c3ccco3)ccc2c1. The highest BCUT2D eigenvalue weighted by molar-refractivity contribution is 7.89. The van der Waals surface area contributed by atoms with Crippen molar-refractivity contribution in [3.05, 3.63) is 90.4 Å². The number of primary sulfonamides is 1. The molecule has 1 atom stereocenters. The highest BCUT2D eigenvalue weighted by Gasteiger charge is 2.19. The Kier molecular flexibility index (Phi) is 7.00. The van der Waals surface area contributed by atoms with E-state index in [1.807, 2.05) is 30.3 Å². The molecule has 0 saturated carbocycles. The van der Waals surface area contributed by atoms with Gasteiger partial charge in [-0.25, -0.2) is 13.6 Å². The summed E-state index contributed by atoms with van der Waals surface area (Å²) in [4.78, 5) is 12.9. The Morgan fingerprint density at radius 2 is 1.76 bits per heavy atom. The molecule has 3 N–H and O–H groups in total. The number of carbonyl (C=O) groups is 1. The van der Waals surface area contributed by atoms with E-state index in [-0.39, 0.29) is 23.1 Å². The minimum absolute atomic E-state index is 0.0255. The Morgan fingerprint density at radius 1 is 1.03 bits per heavy atom. The molecule has 0 saturated heterocycles. The molecule has 7 nitrogen and oxygen atoms in total. The van der Waals surface area contributed by atoms with Crippen LogP contribution in [0.3, 0.4) is 0 Å². The zero-order valence-corrected chi connectivity index (χ0v) is 19.5. The number of hydrogen-bond donors (Lipinski definition) is 2. The third kappa shape index (κ3) is 5.84. The molecule has 8 heteroatoms. The lowest BCUT2D eigenvalue weighted by Gasteiger charge is -2.18. The van der Waals surface area contributed by atoms with Crippen LogP contribution in [-0.2, 0) is 21.2 Å².